The largest absolute Gasteiger partial charge is 0.350 e. The van der Waals surface area contributed by atoms with Crippen LogP contribution >= 0.6 is 34.5 Å². The molecule has 0 saturated heterocycles. The van der Waals surface area contributed by atoms with Gasteiger partial charge in [-0.05, 0) is 30.3 Å². The highest BCUT2D eigenvalue weighted by Gasteiger charge is 2.14. The number of carbonyl (C=O) groups excluding carboxylic acids is 1. The summed E-state index contributed by atoms with van der Waals surface area (Å²) in [5.41, 5.74) is 0. The summed E-state index contributed by atoms with van der Waals surface area (Å²) in [6.45, 7) is 0.230. The van der Waals surface area contributed by atoms with Crippen LogP contribution < -0.4 is 10.0 Å². The first-order valence-corrected chi connectivity index (χ1v) is 9.23. The van der Waals surface area contributed by atoms with Crippen molar-refractivity contribution in [3.63, 3.8) is 0 Å². The highest BCUT2D eigenvalue weighted by Crippen LogP contribution is 2.21. The summed E-state index contributed by atoms with van der Waals surface area (Å²) in [6.07, 6.45) is 0. The normalized spacial score (nSPS) is 11.4. The minimum Gasteiger partial charge on any atom is -0.350 e. The maximum absolute atomic E-state index is 12.0. The molecule has 0 atom stereocenters. The van der Waals surface area contributed by atoms with E-state index in [1.54, 1.807) is 24.3 Å². The van der Waals surface area contributed by atoms with Gasteiger partial charge in [0.2, 0.25) is 10.0 Å². The highest BCUT2D eigenvalue weighted by molar-refractivity contribution is 7.89. The summed E-state index contributed by atoms with van der Waals surface area (Å²) in [5.74, 6) is -0.293. The van der Waals surface area contributed by atoms with Crippen molar-refractivity contribution in [1.82, 2.24) is 10.0 Å². The Kier molecular flexibility index (Phi) is 5.82. The van der Waals surface area contributed by atoms with Crippen LogP contribution in [-0.4, -0.2) is 27.4 Å². The van der Waals surface area contributed by atoms with Crippen molar-refractivity contribution in [3.05, 3.63) is 50.6 Å². The summed E-state index contributed by atoms with van der Waals surface area (Å²) < 4.78 is 26.9. The molecular weight excluding hydrogens is 367 g/mol. The van der Waals surface area contributed by atoms with Crippen molar-refractivity contribution in [1.29, 1.82) is 0 Å². The predicted molar refractivity (Wildman–Crippen MR) is 88.3 cm³/mol. The molecule has 5 nitrogen and oxygen atoms in total. The standard InChI is InChI=1S/C13H12Cl2N2O3S2/c14-9-2-1-3-10(8-9)22(19,20)17-7-6-16-13(18)11-4-5-12(15)21-11/h1-5,8,17H,6-7H2,(H,16,18). The molecule has 0 saturated carbocycles. The molecule has 1 amide bonds. The van der Waals surface area contributed by atoms with E-state index in [0.717, 1.165) is 11.3 Å². The van der Waals surface area contributed by atoms with Crippen molar-refractivity contribution in [2.24, 2.45) is 0 Å². The first-order valence-electron chi connectivity index (χ1n) is 6.17. The van der Waals surface area contributed by atoms with Crippen LogP contribution in [0.1, 0.15) is 9.67 Å². The number of nitrogens with one attached hydrogen (secondary N) is 2. The van der Waals surface area contributed by atoms with Gasteiger partial charge < -0.3 is 5.32 Å². The molecule has 0 aliphatic heterocycles. The van der Waals surface area contributed by atoms with Gasteiger partial charge in [-0.1, -0.05) is 29.3 Å². The van der Waals surface area contributed by atoms with E-state index in [1.165, 1.54) is 12.1 Å². The summed E-state index contributed by atoms with van der Waals surface area (Å²) in [5, 5.41) is 2.95. The molecule has 22 heavy (non-hydrogen) atoms. The number of thiophene rings is 1. The third-order valence-corrected chi connectivity index (χ3v) is 5.53. The van der Waals surface area contributed by atoms with Crippen LogP contribution in [0.2, 0.25) is 9.36 Å². The molecular formula is C13H12Cl2N2O3S2. The second kappa shape index (κ2) is 7.43. The molecule has 1 aromatic heterocycles. The Morgan fingerprint density at radius 3 is 2.55 bits per heavy atom. The van der Waals surface area contributed by atoms with Crippen molar-refractivity contribution in [2.75, 3.05) is 13.1 Å². The smallest absolute Gasteiger partial charge is 0.261 e. The second-order valence-corrected chi connectivity index (χ2v) is 8.13. The van der Waals surface area contributed by atoms with Gasteiger partial charge in [0, 0.05) is 18.1 Å². The molecule has 118 valence electrons. The molecule has 0 spiro atoms. The van der Waals surface area contributed by atoms with Crippen molar-refractivity contribution < 1.29 is 13.2 Å². The fourth-order valence-electron chi connectivity index (χ4n) is 1.60. The maximum Gasteiger partial charge on any atom is 0.261 e. The Labute approximate surface area is 142 Å². The van der Waals surface area contributed by atoms with E-state index < -0.39 is 10.0 Å². The van der Waals surface area contributed by atoms with E-state index >= 15 is 0 Å². The first kappa shape index (κ1) is 17.2. The Bertz CT molecular complexity index is 775. The van der Waals surface area contributed by atoms with E-state index in [1.807, 2.05) is 0 Å². The third-order valence-electron chi connectivity index (χ3n) is 2.61. The van der Waals surface area contributed by atoms with Gasteiger partial charge >= 0.3 is 0 Å². The van der Waals surface area contributed by atoms with E-state index in [0.29, 0.717) is 14.2 Å². The first-order chi connectivity index (χ1) is 10.4. The summed E-state index contributed by atoms with van der Waals surface area (Å²) in [6, 6.07) is 9.18. The predicted octanol–water partition coefficient (Wildman–Crippen LogP) is 2.76. The Balaban J connectivity index is 1.84. The highest BCUT2D eigenvalue weighted by atomic mass is 35.5. The van der Waals surface area contributed by atoms with Gasteiger partial charge in [-0.25, -0.2) is 13.1 Å². The number of hydrogen-bond donors (Lipinski definition) is 2. The molecule has 0 fully saturated rings. The van der Waals surface area contributed by atoms with E-state index in [4.69, 9.17) is 23.2 Å². The Morgan fingerprint density at radius 2 is 1.91 bits per heavy atom. The number of halogens is 2. The molecule has 0 bridgehead atoms. The van der Waals surface area contributed by atoms with Gasteiger partial charge in [0.05, 0.1) is 14.1 Å². The SMILES string of the molecule is O=C(NCCNS(=O)(=O)c1cccc(Cl)c1)c1ccc(Cl)s1. The van der Waals surface area contributed by atoms with Crippen LogP contribution in [0, 0.1) is 0 Å². The van der Waals surface area contributed by atoms with Crippen LogP contribution in [0.4, 0.5) is 0 Å². The zero-order chi connectivity index (χ0) is 16.2. The van der Waals surface area contributed by atoms with Crippen molar-refractivity contribution >= 4 is 50.5 Å². The number of benzene rings is 1. The molecule has 2 rings (SSSR count). The molecule has 1 aromatic carbocycles. The van der Waals surface area contributed by atoms with Crippen LogP contribution in [0.25, 0.3) is 0 Å². The van der Waals surface area contributed by atoms with Gasteiger partial charge in [-0.3, -0.25) is 4.79 Å². The molecule has 0 aliphatic carbocycles. The van der Waals surface area contributed by atoms with Gasteiger partial charge in [-0.2, -0.15) is 0 Å². The van der Waals surface area contributed by atoms with Gasteiger partial charge in [-0.15, -0.1) is 11.3 Å². The third kappa shape index (κ3) is 4.69. The zero-order valence-corrected chi connectivity index (χ0v) is 14.3. The fourth-order valence-corrected chi connectivity index (χ4v) is 3.89. The van der Waals surface area contributed by atoms with E-state index in [-0.39, 0.29) is 23.9 Å². The van der Waals surface area contributed by atoms with E-state index in [9.17, 15) is 13.2 Å². The van der Waals surface area contributed by atoms with Crippen molar-refractivity contribution in [3.8, 4) is 0 Å². The minimum absolute atomic E-state index is 0.0691. The molecule has 0 radical (unpaired) electrons. The average molecular weight is 379 g/mol. The van der Waals surface area contributed by atoms with Crippen LogP contribution in [0.3, 0.4) is 0 Å². The maximum atomic E-state index is 12.0. The number of carbonyl (C=O) groups is 1. The quantitative estimate of drug-likeness (QED) is 0.758. The molecule has 2 N–H and O–H groups in total. The summed E-state index contributed by atoms with van der Waals surface area (Å²) >= 11 is 12.7. The number of amides is 1. The lowest BCUT2D eigenvalue weighted by Crippen LogP contribution is -2.34. The Morgan fingerprint density at radius 1 is 1.14 bits per heavy atom. The summed E-state index contributed by atoms with van der Waals surface area (Å²) in [4.78, 5) is 12.3. The topological polar surface area (TPSA) is 75.3 Å². The summed E-state index contributed by atoms with van der Waals surface area (Å²) in [7, 11) is -3.65. The second-order valence-electron chi connectivity index (χ2n) is 4.21. The monoisotopic (exact) mass is 378 g/mol. The molecule has 0 aliphatic rings. The fraction of sp³-hybridized carbons (Fsp3) is 0.154. The van der Waals surface area contributed by atoms with E-state index in [2.05, 4.69) is 10.0 Å². The lowest BCUT2D eigenvalue weighted by molar-refractivity contribution is 0.0958. The van der Waals surface area contributed by atoms with Gasteiger partial charge in [0.15, 0.2) is 0 Å². The molecule has 9 heteroatoms. The molecule has 0 unspecified atom stereocenters. The zero-order valence-electron chi connectivity index (χ0n) is 11.2. The van der Waals surface area contributed by atoms with Crippen molar-refractivity contribution in [2.45, 2.75) is 4.90 Å². The van der Waals surface area contributed by atoms with Crippen LogP contribution in [-0.2, 0) is 10.0 Å². The number of rotatable bonds is 6. The van der Waals surface area contributed by atoms with Gasteiger partial charge in [0.1, 0.15) is 0 Å². The number of hydrogen-bond acceptors (Lipinski definition) is 4. The van der Waals surface area contributed by atoms with Crippen LogP contribution in [0.5, 0.6) is 0 Å². The molecule has 1 heterocycles. The number of sulfonamides is 1. The average Bonchev–Trinajstić information content (AvgIpc) is 2.90. The molecule has 2 aromatic rings. The van der Waals surface area contributed by atoms with Crippen LogP contribution in [0.15, 0.2) is 41.3 Å². The van der Waals surface area contributed by atoms with Gasteiger partial charge in [0.25, 0.3) is 5.91 Å². The Hall–Kier alpha value is -1.12. The lowest BCUT2D eigenvalue weighted by Gasteiger charge is -2.07. The minimum atomic E-state index is -3.65. The lowest BCUT2D eigenvalue weighted by atomic mass is 10.4.